The molecule has 1 aromatic heterocycles. The van der Waals surface area contributed by atoms with Crippen molar-refractivity contribution in [2.75, 3.05) is 6.54 Å². The van der Waals surface area contributed by atoms with Crippen LogP contribution in [0.1, 0.15) is 51.2 Å². The molecule has 128 valence electrons. The summed E-state index contributed by atoms with van der Waals surface area (Å²) in [5.41, 5.74) is -1.17. The highest BCUT2D eigenvalue weighted by Crippen LogP contribution is 2.17. The summed E-state index contributed by atoms with van der Waals surface area (Å²) in [6, 6.07) is 3.58. The number of furan rings is 1. The zero-order valence-corrected chi connectivity index (χ0v) is 13.6. The number of carbonyl (C=O) groups is 2. The molecule has 1 aromatic rings. The maximum absolute atomic E-state index is 11.9. The van der Waals surface area contributed by atoms with Gasteiger partial charge in [0.05, 0.1) is 11.9 Å². The Morgan fingerprint density at radius 2 is 1.96 bits per heavy atom. The van der Waals surface area contributed by atoms with E-state index in [1.807, 2.05) is 0 Å². The number of amides is 2. The molecule has 0 aliphatic heterocycles. The van der Waals surface area contributed by atoms with Gasteiger partial charge in [-0.25, -0.2) is 0 Å². The quantitative estimate of drug-likeness (QED) is 0.566. The van der Waals surface area contributed by atoms with E-state index in [4.69, 9.17) is 4.42 Å². The summed E-state index contributed by atoms with van der Waals surface area (Å²) in [5.74, 6) is -0.688. The summed E-state index contributed by atoms with van der Waals surface area (Å²) < 4.78 is 5.18. The Hall–Kier alpha value is -1.82. The van der Waals surface area contributed by atoms with Gasteiger partial charge in [0.2, 0.25) is 0 Å². The van der Waals surface area contributed by atoms with Crippen LogP contribution in [-0.4, -0.2) is 35.1 Å². The van der Waals surface area contributed by atoms with Gasteiger partial charge >= 0.3 is 11.8 Å². The molecule has 23 heavy (non-hydrogen) atoms. The van der Waals surface area contributed by atoms with Crippen LogP contribution in [0.3, 0.4) is 0 Å². The zero-order chi connectivity index (χ0) is 16.7. The first-order valence-electron chi connectivity index (χ1n) is 8.30. The van der Waals surface area contributed by atoms with Gasteiger partial charge in [0.25, 0.3) is 0 Å². The lowest BCUT2D eigenvalue weighted by atomic mass is 10.0. The minimum atomic E-state index is -1.17. The SMILES string of the molecule is CC(O)(CNC(=O)C(=O)NC1CCCCCC1)Cc1ccco1. The van der Waals surface area contributed by atoms with Crippen LogP contribution in [0.4, 0.5) is 0 Å². The van der Waals surface area contributed by atoms with Gasteiger partial charge in [0.1, 0.15) is 5.76 Å². The van der Waals surface area contributed by atoms with Crippen LogP contribution >= 0.6 is 0 Å². The fourth-order valence-corrected chi connectivity index (χ4v) is 2.88. The molecule has 0 spiro atoms. The van der Waals surface area contributed by atoms with Crippen LogP contribution in [0, 0.1) is 0 Å². The monoisotopic (exact) mass is 322 g/mol. The van der Waals surface area contributed by atoms with Crippen molar-refractivity contribution in [1.82, 2.24) is 10.6 Å². The summed E-state index contributed by atoms with van der Waals surface area (Å²) in [4.78, 5) is 23.8. The first-order chi connectivity index (χ1) is 11.0. The second-order valence-corrected chi connectivity index (χ2v) is 6.60. The molecule has 1 atom stereocenters. The van der Waals surface area contributed by atoms with E-state index in [1.54, 1.807) is 19.1 Å². The molecule has 0 radical (unpaired) electrons. The summed E-state index contributed by atoms with van der Waals surface area (Å²) in [5, 5.41) is 15.6. The average Bonchev–Trinajstić information content (AvgIpc) is 2.86. The fourth-order valence-electron chi connectivity index (χ4n) is 2.88. The normalized spacial score (nSPS) is 18.7. The second kappa shape index (κ2) is 8.15. The van der Waals surface area contributed by atoms with Crippen molar-refractivity contribution in [2.45, 2.75) is 63.5 Å². The number of hydrogen-bond acceptors (Lipinski definition) is 4. The standard InChI is InChI=1S/C17H26N2O4/c1-17(22,11-14-9-6-10-23-14)12-18-15(20)16(21)19-13-7-4-2-3-5-8-13/h6,9-10,13,22H,2-5,7-8,11-12H2,1H3,(H,18,20)(H,19,21). The Balaban J connectivity index is 1.75. The Kier molecular flexibility index (Phi) is 6.21. The smallest absolute Gasteiger partial charge is 0.309 e. The summed E-state index contributed by atoms with van der Waals surface area (Å²) in [6.45, 7) is 1.59. The lowest BCUT2D eigenvalue weighted by Gasteiger charge is -2.23. The van der Waals surface area contributed by atoms with E-state index in [0.717, 1.165) is 25.7 Å². The average molecular weight is 322 g/mol. The number of rotatable bonds is 5. The lowest BCUT2D eigenvalue weighted by Crippen LogP contribution is -2.49. The summed E-state index contributed by atoms with van der Waals surface area (Å²) in [6.07, 6.45) is 8.20. The van der Waals surface area contributed by atoms with E-state index in [-0.39, 0.29) is 19.0 Å². The predicted octanol–water partition coefficient (Wildman–Crippen LogP) is 1.53. The molecule has 1 aliphatic rings. The van der Waals surface area contributed by atoms with Crippen molar-refractivity contribution >= 4 is 11.8 Å². The minimum Gasteiger partial charge on any atom is -0.469 e. The molecule has 0 aromatic carbocycles. The van der Waals surface area contributed by atoms with Crippen LogP contribution in [0.5, 0.6) is 0 Å². The van der Waals surface area contributed by atoms with Crippen molar-refractivity contribution in [1.29, 1.82) is 0 Å². The maximum atomic E-state index is 11.9. The Morgan fingerprint density at radius 1 is 1.26 bits per heavy atom. The van der Waals surface area contributed by atoms with E-state index in [0.29, 0.717) is 5.76 Å². The number of hydrogen-bond donors (Lipinski definition) is 3. The van der Waals surface area contributed by atoms with Crippen LogP contribution in [0.15, 0.2) is 22.8 Å². The van der Waals surface area contributed by atoms with Gasteiger partial charge in [-0.3, -0.25) is 9.59 Å². The molecule has 1 unspecified atom stereocenters. The lowest BCUT2D eigenvalue weighted by molar-refractivity contribution is -0.140. The van der Waals surface area contributed by atoms with E-state index < -0.39 is 17.4 Å². The van der Waals surface area contributed by atoms with Crippen LogP contribution in [0.2, 0.25) is 0 Å². The first kappa shape index (κ1) is 17.5. The molecule has 2 amide bonds. The first-order valence-corrected chi connectivity index (χ1v) is 8.30. The molecule has 1 saturated carbocycles. The van der Waals surface area contributed by atoms with Crippen molar-refractivity contribution in [3.63, 3.8) is 0 Å². The Labute approximate surface area is 136 Å². The van der Waals surface area contributed by atoms with Crippen molar-refractivity contribution in [3.05, 3.63) is 24.2 Å². The largest absolute Gasteiger partial charge is 0.469 e. The molecule has 6 nitrogen and oxygen atoms in total. The van der Waals surface area contributed by atoms with Crippen molar-refractivity contribution < 1.29 is 19.1 Å². The predicted molar refractivity (Wildman–Crippen MR) is 85.7 cm³/mol. The molecular formula is C17H26N2O4. The van der Waals surface area contributed by atoms with Crippen LogP contribution < -0.4 is 10.6 Å². The molecule has 2 rings (SSSR count). The molecule has 1 heterocycles. The third-order valence-electron chi connectivity index (χ3n) is 4.16. The molecular weight excluding hydrogens is 296 g/mol. The topological polar surface area (TPSA) is 91.6 Å². The van der Waals surface area contributed by atoms with Crippen LogP contribution in [0.25, 0.3) is 0 Å². The molecule has 0 saturated heterocycles. The minimum absolute atomic E-state index is 0.00931. The van der Waals surface area contributed by atoms with Gasteiger partial charge in [-0.1, -0.05) is 25.7 Å². The molecule has 0 bridgehead atoms. The van der Waals surface area contributed by atoms with E-state index in [1.165, 1.54) is 19.1 Å². The van der Waals surface area contributed by atoms with Gasteiger partial charge in [-0.15, -0.1) is 0 Å². The van der Waals surface area contributed by atoms with E-state index in [9.17, 15) is 14.7 Å². The van der Waals surface area contributed by atoms with Gasteiger partial charge in [-0.2, -0.15) is 0 Å². The Bertz CT molecular complexity index is 503. The molecule has 1 aliphatic carbocycles. The molecule has 1 fully saturated rings. The van der Waals surface area contributed by atoms with Crippen molar-refractivity contribution in [3.8, 4) is 0 Å². The summed E-state index contributed by atoms with van der Waals surface area (Å²) in [7, 11) is 0. The maximum Gasteiger partial charge on any atom is 0.309 e. The van der Waals surface area contributed by atoms with Gasteiger partial charge in [0.15, 0.2) is 0 Å². The third-order valence-corrected chi connectivity index (χ3v) is 4.16. The zero-order valence-electron chi connectivity index (χ0n) is 13.6. The van der Waals surface area contributed by atoms with Crippen LogP contribution in [-0.2, 0) is 16.0 Å². The van der Waals surface area contributed by atoms with Gasteiger partial charge in [0, 0.05) is 19.0 Å². The van der Waals surface area contributed by atoms with Crippen molar-refractivity contribution in [2.24, 2.45) is 0 Å². The van der Waals surface area contributed by atoms with Gasteiger partial charge < -0.3 is 20.2 Å². The summed E-state index contributed by atoms with van der Waals surface area (Å²) >= 11 is 0. The number of carbonyl (C=O) groups excluding carboxylic acids is 2. The molecule has 6 heteroatoms. The highest BCUT2D eigenvalue weighted by Gasteiger charge is 2.26. The second-order valence-electron chi connectivity index (χ2n) is 6.60. The van der Waals surface area contributed by atoms with E-state index in [2.05, 4.69) is 10.6 Å². The highest BCUT2D eigenvalue weighted by atomic mass is 16.3. The number of aliphatic hydroxyl groups is 1. The van der Waals surface area contributed by atoms with Gasteiger partial charge in [-0.05, 0) is 31.9 Å². The Morgan fingerprint density at radius 3 is 2.57 bits per heavy atom. The van der Waals surface area contributed by atoms with E-state index >= 15 is 0 Å². The third kappa shape index (κ3) is 6.06. The highest BCUT2D eigenvalue weighted by molar-refractivity contribution is 6.35. The number of nitrogens with one attached hydrogen (secondary N) is 2. The fraction of sp³-hybridized carbons (Fsp3) is 0.647. The molecule has 3 N–H and O–H groups in total.